The molecule has 6 heteroatoms. The molecule has 0 aliphatic carbocycles. The Morgan fingerprint density at radius 3 is 2.38 bits per heavy atom. The van der Waals surface area contributed by atoms with E-state index in [2.05, 4.69) is 9.75 Å². The van der Waals surface area contributed by atoms with Gasteiger partial charge in [0.25, 0.3) is 5.69 Å². The molecule has 0 atom stereocenters. The highest BCUT2D eigenvalue weighted by atomic mass is 35.5. The zero-order valence-corrected chi connectivity index (χ0v) is 8.76. The molecule has 0 bridgehead atoms. The second-order valence-corrected chi connectivity index (χ2v) is 3.27. The topological polar surface area (TPSA) is 67.9 Å². The summed E-state index contributed by atoms with van der Waals surface area (Å²) in [6.07, 6.45) is 0. The molecule has 0 unspecified atom stereocenters. The number of hydrogen-bond acceptors (Lipinski definition) is 4. The molecule has 0 heterocycles. The van der Waals surface area contributed by atoms with Crippen LogP contribution >= 0.6 is 11.8 Å². The molecule has 0 fully saturated rings. The van der Waals surface area contributed by atoms with Gasteiger partial charge in [-0.05, 0) is 16.8 Å². The van der Waals surface area contributed by atoms with Gasteiger partial charge in [0.15, 0.2) is 5.69 Å². The highest BCUT2D eigenvalue weighted by Gasteiger charge is 2.14. The second kappa shape index (κ2) is 4.24. The van der Waals surface area contributed by atoms with Crippen molar-refractivity contribution < 1.29 is 4.92 Å². The van der Waals surface area contributed by atoms with Crippen LogP contribution in [0.15, 0.2) is 46.1 Å². The molecule has 80 valence electrons. The average molecular weight is 236 g/mol. The van der Waals surface area contributed by atoms with E-state index in [-0.39, 0.29) is 11.4 Å². The van der Waals surface area contributed by atoms with E-state index in [0.717, 1.165) is 10.8 Å². The maximum Gasteiger partial charge on any atom is 0.297 e. The predicted molar refractivity (Wildman–Crippen MR) is 61.0 cm³/mol. The summed E-state index contributed by atoms with van der Waals surface area (Å²) in [5, 5.41) is 16.0. The average Bonchev–Trinajstić information content (AvgIpc) is 2.28. The summed E-state index contributed by atoms with van der Waals surface area (Å²) in [7, 11) is 0. The van der Waals surface area contributed by atoms with Crippen LogP contribution in [0.1, 0.15) is 0 Å². The lowest BCUT2D eigenvalue weighted by Crippen LogP contribution is -1.88. The van der Waals surface area contributed by atoms with E-state index in [4.69, 9.17) is 11.8 Å². The van der Waals surface area contributed by atoms with Crippen molar-refractivity contribution in [2.24, 2.45) is 9.75 Å². The quantitative estimate of drug-likeness (QED) is 0.449. The molecule has 2 aromatic carbocycles. The van der Waals surface area contributed by atoms with Crippen molar-refractivity contribution in [3.05, 3.63) is 46.5 Å². The van der Waals surface area contributed by atoms with Gasteiger partial charge >= 0.3 is 0 Å². The van der Waals surface area contributed by atoms with Crippen LogP contribution in [-0.2, 0) is 0 Å². The van der Waals surface area contributed by atoms with Gasteiger partial charge in [0.2, 0.25) is 0 Å². The number of halogens is 1. The SMILES string of the molecule is O=[N+]([O-])c1cc2ccccc2cc1N=NCl. The first-order valence-electron chi connectivity index (χ1n) is 4.41. The number of rotatable bonds is 2. The third-order valence-electron chi connectivity index (χ3n) is 2.19. The Bertz CT molecular complexity index is 583. The minimum Gasteiger partial charge on any atom is -0.258 e. The van der Waals surface area contributed by atoms with Crippen LogP contribution in [0.25, 0.3) is 10.8 Å². The fourth-order valence-electron chi connectivity index (χ4n) is 1.48. The van der Waals surface area contributed by atoms with E-state index in [1.807, 2.05) is 18.2 Å². The first-order chi connectivity index (χ1) is 7.72. The lowest BCUT2D eigenvalue weighted by Gasteiger charge is -1.99. The van der Waals surface area contributed by atoms with Crippen LogP contribution in [0.2, 0.25) is 0 Å². The number of hydrogen-bond donors (Lipinski definition) is 0. The van der Waals surface area contributed by atoms with Crippen molar-refractivity contribution in [3.8, 4) is 0 Å². The predicted octanol–water partition coefficient (Wildman–Crippen LogP) is 3.99. The molecule has 0 saturated heterocycles. The van der Waals surface area contributed by atoms with Crippen LogP contribution in [0.5, 0.6) is 0 Å². The van der Waals surface area contributed by atoms with Gasteiger partial charge in [0.05, 0.1) is 16.7 Å². The van der Waals surface area contributed by atoms with E-state index in [1.54, 1.807) is 12.1 Å². The van der Waals surface area contributed by atoms with Crippen molar-refractivity contribution in [1.29, 1.82) is 0 Å². The fraction of sp³-hybridized carbons (Fsp3) is 0. The molecule has 0 radical (unpaired) electrons. The summed E-state index contributed by atoms with van der Waals surface area (Å²) in [5.41, 5.74) is 0.0433. The number of benzene rings is 2. The van der Waals surface area contributed by atoms with E-state index in [9.17, 15) is 10.1 Å². The van der Waals surface area contributed by atoms with Crippen molar-refractivity contribution in [2.45, 2.75) is 0 Å². The fourth-order valence-corrected chi connectivity index (χ4v) is 1.56. The van der Waals surface area contributed by atoms with Gasteiger partial charge < -0.3 is 0 Å². The first-order valence-corrected chi connectivity index (χ1v) is 4.75. The molecule has 0 aliphatic heterocycles. The Kier molecular flexibility index (Phi) is 2.78. The molecular weight excluding hydrogens is 230 g/mol. The molecule has 0 spiro atoms. The maximum absolute atomic E-state index is 10.8. The van der Waals surface area contributed by atoms with Crippen LogP contribution in [0.4, 0.5) is 11.4 Å². The summed E-state index contributed by atoms with van der Waals surface area (Å²) >= 11 is 5.10. The lowest BCUT2D eigenvalue weighted by molar-refractivity contribution is -0.383. The smallest absolute Gasteiger partial charge is 0.258 e. The van der Waals surface area contributed by atoms with E-state index in [0.29, 0.717) is 0 Å². The first kappa shape index (κ1) is 10.5. The summed E-state index contributed by atoms with van der Waals surface area (Å²) < 4.78 is 3.05. The van der Waals surface area contributed by atoms with Gasteiger partial charge in [-0.25, -0.2) is 0 Å². The highest BCUT2D eigenvalue weighted by Crippen LogP contribution is 2.32. The van der Waals surface area contributed by atoms with Crippen LogP contribution in [0.3, 0.4) is 0 Å². The molecule has 2 rings (SSSR count). The lowest BCUT2D eigenvalue weighted by atomic mass is 10.1. The molecule has 0 amide bonds. The van der Waals surface area contributed by atoms with Crippen LogP contribution in [-0.4, -0.2) is 4.92 Å². The zero-order chi connectivity index (χ0) is 11.5. The summed E-state index contributed by atoms with van der Waals surface area (Å²) in [6, 6.07) is 10.3. The normalized spacial score (nSPS) is 11.1. The van der Waals surface area contributed by atoms with Gasteiger partial charge in [-0.1, -0.05) is 28.9 Å². The minimum atomic E-state index is -0.507. The molecule has 0 aromatic heterocycles. The summed E-state index contributed by atoms with van der Waals surface area (Å²) in [6.45, 7) is 0. The Balaban J connectivity index is 2.75. The zero-order valence-electron chi connectivity index (χ0n) is 8.00. The summed E-state index contributed by atoms with van der Waals surface area (Å²) in [5.74, 6) is 0. The third-order valence-corrected chi connectivity index (χ3v) is 2.26. The second-order valence-electron chi connectivity index (χ2n) is 3.12. The van der Waals surface area contributed by atoms with E-state index >= 15 is 0 Å². The van der Waals surface area contributed by atoms with Gasteiger partial charge in [-0.2, -0.15) is 0 Å². The molecule has 0 N–H and O–H groups in total. The van der Waals surface area contributed by atoms with Gasteiger partial charge in [-0.3, -0.25) is 10.1 Å². The van der Waals surface area contributed by atoms with Crippen molar-refractivity contribution in [2.75, 3.05) is 0 Å². The highest BCUT2D eigenvalue weighted by molar-refractivity contribution is 6.14. The molecule has 0 saturated carbocycles. The molecule has 16 heavy (non-hydrogen) atoms. The number of nitro benzene ring substituents is 1. The van der Waals surface area contributed by atoms with Crippen molar-refractivity contribution in [1.82, 2.24) is 0 Å². The van der Waals surface area contributed by atoms with Crippen LogP contribution in [0, 0.1) is 10.1 Å². The molecule has 0 aliphatic rings. The van der Waals surface area contributed by atoms with Crippen molar-refractivity contribution in [3.63, 3.8) is 0 Å². The van der Waals surface area contributed by atoms with E-state index < -0.39 is 4.92 Å². The Labute approximate surface area is 95.6 Å². The summed E-state index contributed by atoms with van der Waals surface area (Å²) in [4.78, 5) is 10.3. The Morgan fingerprint density at radius 1 is 1.19 bits per heavy atom. The number of nitro groups is 1. The Hall–Kier alpha value is -2.01. The third kappa shape index (κ3) is 1.85. The largest absolute Gasteiger partial charge is 0.297 e. The minimum absolute atomic E-state index is 0.108. The van der Waals surface area contributed by atoms with Crippen molar-refractivity contribution >= 4 is 33.9 Å². The molecular formula is C10H6ClN3O2. The number of nitrogens with zero attached hydrogens (tertiary/aromatic N) is 3. The monoisotopic (exact) mass is 235 g/mol. The maximum atomic E-state index is 10.8. The number of fused-ring (bicyclic) bond motifs is 1. The Morgan fingerprint density at radius 2 is 1.81 bits per heavy atom. The standard InChI is InChI=1S/C10H6ClN3O2/c11-13-12-9-5-7-3-1-2-4-8(7)6-10(9)14(15)16/h1-6H. The van der Waals surface area contributed by atoms with Gasteiger partial charge in [0, 0.05) is 6.07 Å². The van der Waals surface area contributed by atoms with E-state index in [1.165, 1.54) is 6.07 Å². The van der Waals surface area contributed by atoms with Gasteiger partial charge in [0.1, 0.15) is 0 Å². The molecule has 5 nitrogen and oxygen atoms in total. The molecule has 2 aromatic rings. The van der Waals surface area contributed by atoms with Gasteiger partial charge in [-0.15, -0.1) is 5.11 Å². The van der Waals surface area contributed by atoms with Crippen LogP contribution < -0.4 is 0 Å².